The third kappa shape index (κ3) is 3.01. The van der Waals surface area contributed by atoms with Crippen LogP contribution in [-0.2, 0) is 6.54 Å². The Morgan fingerprint density at radius 1 is 1.38 bits per heavy atom. The number of allylic oxidation sites excluding steroid dienone is 1. The van der Waals surface area contributed by atoms with Crippen LogP contribution in [0.25, 0.3) is 5.70 Å². The first-order chi connectivity index (χ1) is 10.1. The quantitative estimate of drug-likeness (QED) is 0.553. The SMILES string of the molecule is CCC(C)(C1=C(c2ccc(CN)cc2)N1)C(C=N)CNC. The van der Waals surface area contributed by atoms with Gasteiger partial charge in [0.15, 0.2) is 0 Å². The second kappa shape index (κ2) is 6.41. The first-order valence-electron chi connectivity index (χ1n) is 7.57. The molecule has 0 aromatic heterocycles. The van der Waals surface area contributed by atoms with Crippen LogP contribution in [0.15, 0.2) is 30.0 Å². The van der Waals surface area contributed by atoms with E-state index in [1.807, 2.05) is 7.05 Å². The second-order valence-electron chi connectivity index (χ2n) is 5.88. The van der Waals surface area contributed by atoms with Crippen molar-refractivity contribution in [3.8, 4) is 0 Å². The summed E-state index contributed by atoms with van der Waals surface area (Å²) in [6, 6.07) is 8.38. The van der Waals surface area contributed by atoms with E-state index in [0.29, 0.717) is 6.54 Å². The highest BCUT2D eigenvalue weighted by molar-refractivity contribution is 5.81. The van der Waals surface area contributed by atoms with Crippen LogP contribution in [0.5, 0.6) is 0 Å². The summed E-state index contributed by atoms with van der Waals surface area (Å²) in [5, 5.41) is 14.4. The van der Waals surface area contributed by atoms with E-state index >= 15 is 0 Å². The molecule has 1 aromatic rings. The molecular weight excluding hydrogens is 260 g/mol. The maximum atomic E-state index is 7.74. The Labute approximate surface area is 127 Å². The Hall–Kier alpha value is -1.65. The molecule has 1 aliphatic rings. The predicted molar refractivity (Wildman–Crippen MR) is 89.0 cm³/mol. The Morgan fingerprint density at radius 3 is 2.52 bits per heavy atom. The molecule has 2 rings (SSSR count). The summed E-state index contributed by atoms with van der Waals surface area (Å²) >= 11 is 0. The first kappa shape index (κ1) is 15.7. The Balaban J connectivity index is 2.27. The highest BCUT2D eigenvalue weighted by Crippen LogP contribution is 2.46. The van der Waals surface area contributed by atoms with Crippen LogP contribution in [0.4, 0.5) is 0 Å². The standard InChI is InChI=1S/C17H26N4/c1-4-17(2,14(10-19)11-20-3)16-15(21-16)13-7-5-12(9-18)6-8-13/h5-8,10,14,19-21H,4,9,11,18H2,1-3H3. The summed E-state index contributed by atoms with van der Waals surface area (Å²) in [6.07, 6.45) is 2.57. The third-order valence-corrected chi connectivity index (χ3v) is 4.66. The van der Waals surface area contributed by atoms with Crippen LogP contribution in [0, 0.1) is 16.7 Å². The molecule has 0 saturated heterocycles. The molecule has 0 aliphatic carbocycles. The van der Waals surface area contributed by atoms with E-state index in [9.17, 15) is 0 Å². The molecule has 2 atom stereocenters. The topological polar surface area (TPSA) is 83.8 Å². The molecule has 0 amide bonds. The molecule has 1 aromatic carbocycles. The van der Waals surface area contributed by atoms with Gasteiger partial charge < -0.3 is 21.8 Å². The Bertz CT molecular complexity index is 532. The molecule has 1 aliphatic heterocycles. The fourth-order valence-corrected chi connectivity index (χ4v) is 2.86. The molecule has 0 fully saturated rings. The summed E-state index contributed by atoms with van der Waals surface area (Å²) in [6.45, 7) is 5.82. The van der Waals surface area contributed by atoms with E-state index < -0.39 is 0 Å². The van der Waals surface area contributed by atoms with Crippen molar-refractivity contribution in [1.29, 1.82) is 5.41 Å². The van der Waals surface area contributed by atoms with Gasteiger partial charge in [0.2, 0.25) is 0 Å². The van der Waals surface area contributed by atoms with E-state index in [1.165, 1.54) is 17.0 Å². The van der Waals surface area contributed by atoms with Crippen LogP contribution in [0.3, 0.4) is 0 Å². The van der Waals surface area contributed by atoms with Gasteiger partial charge in [0.25, 0.3) is 0 Å². The van der Waals surface area contributed by atoms with Crippen LogP contribution in [0.1, 0.15) is 31.4 Å². The molecule has 0 radical (unpaired) electrons. The number of benzene rings is 1. The van der Waals surface area contributed by atoms with Crippen LogP contribution >= 0.6 is 0 Å². The van der Waals surface area contributed by atoms with Gasteiger partial charge in [0.1, 0.15) is 0 Å². The van der Waals surface area contributed by atoms with Crippen molar-refractivity contribution in [3.63, 3.8) is 0 Å². The van der Waals surface area contributed by atoms with E-state index in [0.717, 1.165) is 18.5 Å². The fraction of sp³-hybridized carbons (Fsp3) is 0.471. The molecule has 0 saturated carbocycles. The lowest BCUT2D eigenvalue weighted by Gasteiger charge is -2.32. The van der Waals surface area contributed by atoms with E-state index in [1.54, 1.807) is 6.21 Å². The lowest BCUT2D eigenvalue weighted by molar-refractivity contribution is 0.296. The highest BCUT2D eigenvalue weighted by atomic mass is 15.1. The third-order valence-electron chi connectivity index (χ3n) is 4.66. The fourth-order valence-electron chi connectivity index (χ4n) is 2.86. The molecule has 1 heterocycles. The zero-order chi connectivity index (χ0) is 15.5. The summed E-state index contributed by atoms with van der Waals surface area (Å²) in [5.74, 6) is 0.191. The zero-order valence-corrected chi connectivity index (χ0v) is 13.2. The van der Waals surface area contributed by atoms with Crippen LogP contribution in [0.2, 0.25) is 0 Å². The lowest BCUT2D eigenvalue weighted by atomic mass is 9.74. The lowest BCUT2D eigenvalue weighted by Crippen LogP contribution is -2.35. The van der Waals surface area contributed by atoms with Crippen LogP contribution in [-0.4, -0.2) is 19.8 Å². The van der Waals surface area contributed by atoms with Crippen molar-refractivity contribution >= 4 is 11.9 Å². The summed E-state index contributed by atoms with van der Waals surface area (Å²) in [4.78, 5) is 0. The van der Waals surface area contributed by atoms with Crippen LogP contribution < -0.4 is 16.4 Å². The van der Waals surface area contributed by atoms with Crippen molar-refractivity contribution in [1.82, 2.24) is 10.6 Å². The molecule has 5 N–H and O–H groups in total. The predicted octanol–water partition coefficient (Wildman–Crippen LogP) is 2.32. The molecule has 21 heavy (non-hydrogen) atoms. The molecule has 2 unspecified atom stereocenters. The van der Waals surface area contributed by atoms with Gasteiger partial charge in [-0.05, 0) is 24.6 Å². The largest absolute Gasteiger partial charge is 0.355 e. The first-order valence-corrected chi connectivity index (χ1v) is 7.57. The number of hydrogen-bond acceptors (Lipinski definition) is 4. The van der Waals surface area contributed by atoms with Gasteiger partial charge in [0.05, 0.1) is 5.70 Å². The minimum Gasteiger partial charge on any atom is -0.355 e. The maximum Gasteiger partial charge on any atom is 0.0658 e. The summed E-state index contributed by atoms with van der Waals surface area (Å²) < 4.78 is 0. The highest BCUT2D eigenvalue weighted by Gasteiger charge is 2.43. The number of nitrogens with one attached hydrogen (secondary N) is 3. The minimum absolute atomic E-state index is 0.0212. The van der Waals surface area contributed by atoms with Crippen molar-refractivity contribution < 1.29 is 0 Å². The van der Waals surface area contributed by atoms with E-state index in [-0.39, 0.29) is 11.3 Å². The van der Waals surface area contributed by atoms with Crippen molar-refractivity contribution in [2.75, 3.05) is 13.6 Å². The van der Waals surface area contributed by atoms with E-state index in [2.05, 4.69) is 48.7 Å². The van der Waals surface area contributed by atoms with Crippen molar-refractivity contribution in [2.45, 2.75) is 26.8 Å². The Kier molecular flexibility index (Phi) is 4.80. The Morgan fingerprint density at radius 2 is 2.05 bits per heavy atom. The molecule has 0 bridgehead atoms. The molecular formula is C17H26N4. The number of rotatable bonds is 8. The van der Waals surface area contributed by atoms with Crippen molar-refractivity contribution in [3.05, 3.63) is 41.1 Å². The van der Waals surface area contributed by atoms with Crippen molar-refractivity contribution in [2.24, 2.45) is 17.1 Å². The molecule has 4 heteroatoms. The van der Waals surface area contributed by atoms with Gasteiger partial charge in [-0.15, -0.1) is 0 Å². The van der Waals surface area contributed by atoms with Gasteiger partial charge in [-0.1, -0.05) is 38.1 Å². The average Bonchev–Trinajstić information content (AvgIpc) is 3.33. The van der Waals surface area contributed by atoms with Gasteiger partial charge in [0, 0.05) is 36.3 Å². The van der Waals surface area contributed by atoms with E-state index in [4.69, 9.17) is 11.1 Å². The van der Waals surface area contributed by atoms with Gasteiger partial charge in [-0.2, -0.15) is 0 Å². The molecule has 4 nitrogen and oxygen atoms in total. The minimum atomic E-state index is -0.0212. The van der Waals surface area contributed by atoms with Gasteiger partial charge in [-0.25, -0.2) is 0 Å². The molecule has 114 valence electrons. The smallest absolute Gasteiger partial charge is 0.0658 e. The summed E-state index contributed by atoms with van der Waals surface area (Å²) in [7, 11) is 1.94. The maximum absolute atomic E-state index is 7.74. The second-order valence-corrected chi connectivity index (χ2v) is 5.88. The monoisotopic (exact) mass is 286 g/mol. The molecule has 0 spiro atoms. The summed E-state index contributed by atoms with van der Waals surface area (Å²) in [5.41, 5.74) is 10.5. The van der Waals surface area contributed by atoms with Gasteiger partial charge >= 0.3 is 0 Å². The average molecular weight is 286 g/mol. The number of hydrogen-bond donors (Lipinski definition) is 4. The van der Waals surface area contributed by atoms with Gasteiger partial charge in [-0.3, -0.25) is 0 Å². The normalized spacial score (nSPS) is 17.9. The number of nitrogens with two attached hydrogens (primary N) is 1. The zero-order valence-electron chi connectivity index (χ0n) is 13.2.